The molecule has 0 saturated heterocycles. The van der Waals surface area contributed by atoms with E-state index in [1.165, 1.54) is 0 Å². The molecule has 8 nitrogen and oxygen atoms in total. The smallest absolute Gasteiger partial charge is 0.230 e. The standard InChI is InChI=1S/C20H18N6O2/c1-13-22-11-17(28-13)14-2-3-15-10-23-18(24-16(15)8-14)9-20(27)26-7-6-25-5-4-21-19(25)12-26/h2-5,8,10-11H,6-7,9,12H2,1H3. The molecule has 1 amide bonds. The second-order valence-electron chi connectivity index (χ2n) is 6.83. The van der Waals surface area contributed by atoms with Gasteiger partial charge in [0.1, 0.15) is 11.6 Å². The lowest BCUT2D eigenvalue weighted by Crippen LogP contribution is -2.39. The zero-order chi connectivity index (χ0) is 19.1. The quantitative estimate of drug-likeness (QED) is 0.547. The van der Waals surface area contributed by atoms with E-state index in [0.29, 0.717) is 30.6 Å². The fourth-order valence-corrected chi connectivity index (χ4v) is 3.43. The number of imidazole rings is 1. The molecular weight excluding hydrogens is 356 g/mol. The first-order valence-electron chi connectivity index (χ1n) is 9.12. The van der Waals surface area contributed by atoms with Crippen molar-refractivity contribution in [2.24, 2.45) is 0 Å². The number of carbonyl (C=O) groups is 1. The van der Waals surface area contributed by atoms with Gasteiger partial charge in [0, 0.05) is 49.6 Å². The number of fused-ring (bicyclic) bond motifs is 2. The van der Waals surface area contributed by atoms with Crippen molar-refractivity contribution < 1.29 is 9.21 Å². The van der Waals surface area contributed by atoms with Gasteiger partial charge in [-0.3, -0.25) is 4.79 Å². The zero-order valence-corrected chi connectivity index (χ0v) is 15.4. The average Bonchev–Trinajstić information content (AvgIpc) is 3.35. The number of aryl methyl sites for hydroxylation is 1. The number of aromatic nitrogens is 5. The molecule has 140 valence electrons. The fraction of sp³-hybridized carbons (Fsp3) is 0.250. The fourth-order valence-electron chi connectivity index (χ4n) is 3.43. The minimum absolute atomic E-state index is 0.00983. The molecule has 0 unspecified atom stereocenters. The Morgan fingerprint density at radius 2 is 2.11 bits per heavy atom. The molecule has 1 aliphatic rings. The van der Waals surface area contributed by atoms with Crippen molar-refractivity contribution in [3.05, 3.63) is 60.5 Å². The van der Waals surface area contributed by atoms with E-state index in [-0.39, 0.29) is 12.3 Å². The molecule has 0 fully saturated rings. The third-order valence-corrected chi connectivity index (χ3v) is 4.95. The summed E-state index contributed by atoms with van der Waals surface area (Å²) in [6.07, 6.45) is 7.33. The molecule has 4 aromatic rings. The highest BCUT2D eigenvalue weighted by Crippen LogP contribution is 2.24. The Morgan fingerprint density at radius 1 is 1.18 bits per heavy atom. The van der Waals surface area contributed by atoms with Gasteiger partial charge in [-0.25, -0.2) is 19.9 Å². The second-order valence-corrected chi connectivity index (χ2v) is 6.83. The molecular formula is C20H18N6O2. The largest absolute Gasteiger partial charge is 0.441 e. The number of oxazole rings is 1. The summed E-state index contributed by atoms with van der Waals surface area (Å²) in [6, 6.07) is 5.83. The van der Waals surface area contributed by atoms with E-state index in [4.69, 9.17) is 4.42 Å². The number of hydrogen-bond donors (Lipinski definition) is 0. The maximum Gasteiger partial charge on any atom is 0.230 e. The minimum atomic E-state index is 0.00983. The predicted molar refractivity (Wildman–Crippen MR) is 101 cm³/mol. The Balaban J connectivity index is 1.38. The van der Waals surface area contributed by atoms with E-state index < -0.39 is 0 Å². The van der Waals surface area contributed by atoms with Crippen molar-refractivity contribution in [2.75, 3.05) is 6.54 Å². The highest BCUT2D eigenvalue weighted by molar-refractivity contribution is 5.83. The topological polar surface area (TPSA) is 89.9 Å². The van der Waals surface area contributed by atoms with Crippen LogP contribution in [0.3, 0.4) is 0 Å². The molecule has 0 bridgehead atoms. The first-order valence-corrected chi connectivity index (χ1v) is 9.12. The van der Waals surface area contributed by atoms with Gasteiger partial charge in [-0.05, 0) is 6.07 Å². The van der Waals surface area contributed by atoms with Gasteiger partial charge < -0.3 is 13.9 Å². The summed E-state index contributed by atoms with van der Waals surface area (Å²) in [5.74, 6) is 2.74. The summed E-state index contributed by atoms with van der Waals surface area (Å²) < 4.78 is 7.66. The third kappa shape index (κ3) is 3.02. The van der Waals surface area contributed by atoms with Crippen LogP contribution in [0, 0.1) is 6.92 Å². The maximum absolute atomic E-state index is 12.7. The highest BCUT2D eigenvalue weighted by Gasteiger charge is 2.22. The number of rotatable bonds is 3. The van der Waals surface area contributed by atoms with Crippen LogP contribution in [0.5, 0.6) is 0 Å². The van der Waals surface area contributed by atoms with Gasteiger partial charge in [0.25, 0.3) is 0 Å². The van der Waals surface area contributed by atoms with E-state index in [9.17, 15) is 4.79 Å². The van der Waals surface area contributed by atoms with Gasteiger partial charge >= 0.3 is 0 Å². The van der Waals surface area contributed by atoms with E-state index in [0.717, 1.165) is 28.8 Å². The van der Waals surface area contributed by atoms with Gasteiger partial charge in [-0.1, -0.05) is 12.1 Å². The van der Waals surface area contributed by atoms with Crippen LogP contribution < -0.4 is 0 Å². The minimum Gasteiger partial charge on any atom is -0.441 e. The van der Waals surface area contributed by atoms with Crippen molar-refractivity contribution in [3.8, 4) is 11.3 Å². The molecule has 1 aliphatic heterocycles. The first kappa shape index (κ1) is 16.6. The number of amides is 1. The Bertz CT molecular complexity index is 1180. The van der Waals surface area contributed by atoms with Crippen molar-refractivity contribution in [1.29, 1.82) is 0 Å². The second kappa shape index (κ2) is 6.56. The van der Waals surface area contributed by atoms with Crippen molar-refractivity contribution in [2.45, 2.75) is 26.4 Å². The van der Waals surface area contributed by atoms with Crippen LogP contribution in [0.4, 0.5) is 0 Å². The van der Waals surface area contributed by atoms with E-state index in [1.54, 1.807) is 18.6 Å². The summed E-state index contributed by atoms with van der Waals surface area (Å²) in [6.45, 7) is 3.77. The summed E-state index contributed by atoms with van der Waals surface area (Å²) in [7, 11) is 0. The lowest BCUT2D eigenvalue weighted by molar-refractivity contribution is -0.132. The third-order valence-electron chi connectivity index (χ3n) is 4.95. The molecule has 0 atom stereocenters. The number of benzene rings is 1. The zero-order valence-electron chi connectivity index (χ0n) is 15.4. The molecule has 28 heavy (non-hydrogen) atoms. The van der Waals surface area contributed by atoms with Crippen LogP contribution in [-0.2, 0) is 24.3 Å². The van der Waals surface area contributed by atoms with Crippen LogP contribution >= 0.6 is 0 Å². The van der Waals surface area contributed by atoms with Gasteiger partial charge in [-0.2, -0.15) is 0 Å². The van der Waals surface area contributed by atoms with Crippen molar-refractivity contribution >= 4 is 16.8 Å². The van der Waals surface area contributed by atoms with Gasteiger partial charge in [0.2, 0.25) is 5.91 Å². The molecule has 0 N–H and O–H groups in total. The summed E-state index contributed by atoms with van der Waals surface area (Å²) in [5, 5.41) is 0.913. The molecule has 0 radical (unpaired) electrons. The molecule has 0 aliphatic carbocycles. The van der Waals surface area contributed by atoms with E-state index in [1.807, 2.05) is 36.2 Å². The van der Waals surface area contributed by atoms with Crippen LogP contribution in [0.1, 0.15) is 17.5 Å². The Hall–Kier alpha value is -3.55. The molecule has 3 aromatic heterocycles. The Morgan fingerprint density at radius 3 is 2.96 bits per heavy atom. The summed E-state index contributed by atoms with van der Waals surface area (Å²) in [4.78, 5) is 31.9. The molecule has 1 aromatic carbocycles. The monoisotopic (exact) mass is 374 g/mol. The molecule has 5 rings (SSSR count). The molecule has 8 heteroatoms. The SMILES string of the molecule is Cc1ncc(-c2ccc3cnc(CC(=O)N4CCn5ccnc5C4)nc3c2)o1. The number of hydrogen-bond acceptors (Lipinski definition) is 6. The van der Waals surface area contributed by atoms with Crippen molar-refractivity contribution in [1.82, 2.24) is 29.4 Å². The molecule has 0 spiro atoms. The van der Waals surface area contributed by atoms with Crippen LogP contribution in [-0.4, -0.2) is 41.9 Å². The average molecular weight is 374 g/mol. The van der Waals surface area contributed by atoms with E-state index in [2.05, 4.69) is 24.5 Å². The van der Waals surface area contributed by atoms with Crippen molar-refractivity contribution in [3.63, 3.8) is 0 Å². The number of carbonyl (C=O) groups excluding carboxylic acids is 1. The van der Waals surface area contributed by atoms with Crippen LogP contribution in [0.15, 0.2) is 47.4 Å². The highest BCUT2D eigenvalue weighted by atomic mass is 16.4. The first-order chi connectivity index (χ1) is 13.7. The van der Waals surface area contributed by atoms with E-state index >= 15 is 0 Å². The van der Waals surface area contributed by atoms with Gasteiger partial charge in [-0.15, -0.1) is 0 Å². The normalized spacial score (nSPS) is 13.7. The lowest BCUT2D eigenvalue weighted by atomic mass is 10.1. The summed E-state index contributed by atoms with van der Waals surface area (Å²) in [5.41, 5.74) is 1.67. The molecule has 4 heterocycles. The summed E-state index contributed by atoms with van der Waals surface area (Å²) >= 11 is 0. The molecule has 0 saturated carbocycles. The predicted octanol–water partition coefficient (Wildman–Crippen LogP) is 2.37. The van der Waals surface area contributed by atoms with Crippen LogP contribution in [0.2, 0.25) is 0 Å². The lowest BCUT2D eigenvalue weighted by Gasteiger charge is -2.27. The van der Waals surface area contributed by atoms with Gasteiger partial charge in [0.05, 0.1) is 24.7 Å². The Kier molecular flexibility index (Phi) is 3.89. The van der Waals surface area contributed by atoms with Gasteiger partial charge in [0.15, 0.2) is 11.7 Å². The maximum atomic E-state index is 12.7. The Labute approximate surface area is 160 Å². The number of nitrogens with zero attached hydrogens (tertiary/aromatic N) is 6. The van der Waals surface area contributed by atoms with Crippen LogP contribution in [0.25, 0.3) is 22.2 Å².